The first-order valence-corrected chi connectivity index (χ1v) is 9.96. The third kappa shape index (κ3) is 2.75. The molecular weight excluding hydrogens is 354 g/mol. The van der Waals surface area contributed by atoms with Gasteiger partial charge in [-0.25, -0.2) is 4.98 Å². The van der Waals surface area contributed by atoms with E-state index < -0.39 is 0 Å². The van der Waals surface area contributed by atoms with Gasteiger partial charge in [0.2, 0.25) is 0 Å². The molecule has 3 aromatic heterocycles. The highest BCUT2D eigenvalue weighted by Gasteiger charge is 2.34. The maximum atomic E-state index is 13.4. The summed E-state index contributed by atoms with van der Waals surface area (Å²) in [4.78, 5) is 21.4. The van der Waals surface area contributed by atoms with Crippen molar-refractivity contribution >= 4 is 22.9 Å². The predicted molar refractivity (Wildman–Crippen MR) is 107 cm³/mol. The zero-order valence-electron chi connectivity index (χ0n) is 15.0. The molecular formula is C22H19N3OS. The molecule has 0 bridgehead atoms. The van der Waals surface area contributed by atoms with Crippen LogP contribution in [0.3, 0.4) is 0 Å². The van der Waals surface area contributed by atoms with E-state index in [0.29, 0.717) is 12.2 Å². The molecule has 0 radical (unpaired) electrons. The molecule has 4 heterocycles. The van der Waals surface area contributed by atoms with E-state index in [9.17, 15) is 4.79 Å². The molecule has 0 saturated heterocycles. The number of thiophene rings is 1. The molecule has 1 amide bonds. The number of rotatable bonds is 2. The van der Waals surface area contributed by atoms with Crippen LogP contribution in [0.25, 0.3) is 5.65 Å². The van der Waals surface area contributed by atoms with Crippen molar-refractivity contribution < 1.29 is 4.79 Å². The Labute approximate surface area is 161 Å². The molecule has 1 aromatic carbocycles. The van der Waals surface area contributed by atoms with E-state index in [0.717, 1.165) is 23.2 Å². The number of aromatic nitrogens is 2. The summed E-state index contributed by atoms with van der Waals surface area (Å²) in [6, 6.07) is 16.4. The maximum Gasteiger partial charge on any atom is 0.274 e. The number of benzene rings is 1. The van der Waals surface area contributed by atoms with Gasteiger partial charge in [0.1, 0.15) is 11.3 Å². The Bertz CT molecular complexity index is 1130. The van der Waals surface area contributed by atoms with Crippen LogP contribution < -0.4 is 0 Å². The number of imidazole rings is 1. The lowest BCUT2D eigenvalue weighted by atomic mass is 9.93. The smallest absolute Gasteiger partial charge is 0.274 e. The second kappa shape index (κ2) is 6.35. The van der Waals surface area contributed by atoms with Gasteiger partial charge in [0.15, 0.2) is 0 Å². The maximum absolute atomic E-state index is 13.4. The third-order valence-electron chi connectivity index (χ3n) is 5.18. The van der Waals surface area contributed by atoms with Crippen molar-refractivity contribution in [1.82, 2.24) is 14.3 Å². The number of aryl methyl sites for hydroxylation is 1. The van der Waals surface area contributed by atoms with Crippen molar-refractivity contribution in [2.45, 2.75) is 19.4 Å². The fraction of sp³-hybridized carbons (Fsp3) is 0.182. The van der Waals surface area contributed by atoms with Crippen LogP contribution in [0.5, 0.6) is 0 Å². The summed E-state index contributed by atoms with van der Waals surface area (Å²) in [6.45, 7) is 2.74. The van der Waals surface area contributed by atoms with Crippen molar-refractivity contribution in [1.29, 1.82) is 0 Å². The quantitative estimate of drug-likeness (QED) is 0.519. The van der Waals surface area contributed by atoms with Crippen molar-refractivity contribution in [3.63, 3.8) is 0 Å². The zero-order chi connectivity index (χ0) is 18.4. The fourth-order valence-corrected chi connectivity index (χ4v) is 4.77. The summed E-state index contributed by atoms with van der Waals surface area (Å²) >= 11 is 1.78. The molecule has 1 aliphatic heterocycles. The van der Waals surface area contributed by atoms with Gasteiger partial charge in [-0.3, -0.25) is 4.79 Å². The summed E-state index contributed by atoms with van der Waals surface area (Å²) in [5.41, 5.74) is 4.83. The van der Waals surface area contributed by atoms with Crippen LogP contribution in [-0.2, 0) is 6.42 Å². The molecule has 134 valence electrons. The zero-order valence-corrected chi connectivity index (χ0v) is 15.8. The summed E-state index contributed by atoms with van der Waals surface area (Å²) in [5.74, 6) is -0.0120. The van der Waals surface area contributed by atoms with Gasteiger partial charge in [0, 0.05) is 23.8 Å². The standard InChI is InChI=1S/C22H19N3OS/c1-15-7-10-24-14-18(23-20(24)13-15)22(26)25-11-8-19-17(9-12-27-19)21(25)16-5-3-2-4-6-16/h2-7,9-10,12-14,21H,8,11H2,1H3. The van der Waals surface area contributed by atoms with Crippen LogP contribution in [0.2, 0.25) is 0 Å². The summed E-state index contributed by atoms with van der Waals surface area (Å²) in [6.07, 6.45) is 4.69. The molecule has 1 atom stereocenters. The van der Waals surface area contributed by atoms with Gasteiger partial charge in [-0.2, -0.15) is 0 Å². The van der Waals surface area contributed by atoms with E-state index in [4.69, 9.17) is 0 Å². The van der Waals surface area contributed by atoms with Gasteiger partial charge in [0.25, 0.3) is 5.91 Å². The monoisotopic (exact) mass is 373 g/mol. The highest BCUT2D eigenvalue weighted by atomic mass is 32.1. The first kappa shape index (κ1) is 16.3. The van der Waals surface area contributed by atoms with E-state index in [1.54, 1.807) is 11.3 Å². The molecule has 4 aromatic rings. The van der Waals surface area contributed by atoms with Crippen molar-refractivity contribution in [3.05, 3.63) is 93.6 Å². The number of hydrogen-bond acceptors (Lipinski definition) is 3. The largest absolute Gasteiger partial charge is 0.326 e. The van der Waals surface area contributed by atoms with E-state index in [2.05, 4.69) is 28.6 Å². The van der Waals surface area contributed by atoms with Crippen LogP contribution in [0.15, 0.2) is 66.3 Å². The molecule has 0 spiro atoms. The first-order chi connectivity index (χ1) is 13.2. The average molecular weight is 373 g/mol. The number of nitrogens with zero attached hydrogens (tertiary/aromatic N) is 3. The normalized spacial score (nSPS) is 16.5. The number of pyridine rings is 1. The lowest BCUT2D eigenvalue weighted by molar-refractivity contribution is 0.0691. The molecule has 5 rings (SSSR count). The lowest BCUT2D eigenvalue weighted by Gasteiger charge is -2.36. The molecule has 1 aliphatic rings. The lowest BCUT2D eigenvalue weighted by Crippen LogP contribution is -2.40. The number of amides is 1. The third-order valence-corrected chi connectivity index (χ3v) is 6.17. The van der Waals surface area contributed by atoms with Gasteiger partial charge >= 0.3 is 0 Å². The van der Waals surface area contributed by atoms with E-state index >= 15 is 0 Å². The Kier molecular flexibility index (Phi) is 3.83. The SMILES string of the molecule is Cc1ccn2cc(C(=O)N3CCc4sccc4C3c3ccccc3)nc2c1. The minimum Gasteiger partial charge on any atom is -0.326 e. The highest BCUT2D eigenvalue weighted by molar-refractivity contribution is 7.10. The Morgan fingerprint density at radius 1 is 1.19 bits per heavy atom. The van der Waals surface area contributed by atoms with Crippen LogP contribution in [0.4, 0.5) is 0 Å². The summed E-state index contributed by atoms with van der Waals surface area (Å²) in [5, 5.41) is 2.13. The van der Waals surface area contributed by atoms with E-state index in [-0.39, 0.29) is 11.9 Å². The predicted octanol–water partition coefficient (Wildman–Crippen LogP) is 4.49. The molecule has 0 N–H and O–H groups in total. The van der Waals surface area contributed by atoms with E-state index in [1.807, 2.05) is 58.9 Å². The van der Waals surface area contributed by atoms with Crippen LogP contribution in [0, 0.1) is 6.92 Å². The second-order valence-corrected chi connectivity index (χ2v) is 7.96. The number of hydrogen-bond donors (Lipinski definition) is 0. The van der Waals surface area contributed by atoms with E-state index in [1.165, 1.54) is 10.4 Å². The molecule has 0 fully saturated rings. The van der Waals surface area contributed by atoms with Gasteiger partial charge in [-0.1, -0.05) is 30.3 Å². The Morgan fingerprint density at radius 3 is 2.89 bits per heavy atom. The Balaban J connectivity index is 1.58. The van der Waals surface area contributed by atoms with Crippen LogP contribution >= 0.6 is 11.3 Å². The fourth-order valence-electron chi connectivity index (χ4n) is 3.86. The Morgan fingerprint density at radius 2 is 2.04 bits per heavy atom. The molecule has 4 nitrogen and oxygen atoms in total. The molecule has 0 saturated carbocycles. The number of fused-ring (bicyclic) bond motifs is 2. The summed E-state index contributed by atoms with van der Waals surface area (Å²) in [7, 11) is 0. The van der Waals surface area contributed by atoms with Crippen LogP contribution in [-0.4, -0.2) is 26.7 Å². The molecule has 5 heteroatoms. The van der Waals surface area contributed by atoms with Gasteiger partial charge < -0.3 is 9.30 Å². The highest BCUT2D eigenvalue weighted by Crippen LogP contribution is 2.38. The number of carbonyl (C=O) groups excluding carboxylic acids is 1. The van der Waals surface area contributed by atoms with Gasteiger partial charge in [0.05, 0.1) is 6.04 Å². The van der Waals surface area contributed by atoms with Crippen molar-refractivity contribution in [2.24, 2.45) is 0 Å². The van der Waals surface area contributed by atoms with Crippen molar-refractivity contribution in [2.75, 3.05) is 6.54 Å². The molecule has 27 heavy (non-hydrogen) atoms. The molecule has 1 unspecified atom stereocenters. The number of carbonyl (C=O) groups is 1. The molecule has 0 aliphatic carbocycles. The minimum atomic E-state index is -0.0553. The van der Waals surface area contributed by atoms with Gasteiger partial charge in [-0.05, 0) is 53.6 Å². The van der Waals surface area contributed by atoms with Gasteiger partial charge in [-0.15, -0.1) is 11.3 Å². The van der Waals surface area contributed by atoms with Crippen LogP contribution in [0.1, 0.15) is 38.1 Å². The Hall–Kier alpha value is -2.92. The average Bonchev–Trinajstić information content (AvgIpc) is 3.33. The van der Waals surface area contributed by atoms with Crippen molar-refractivity contribution in [3.8, 4) is 0 Å². The topological polar surface area (TPSA) is 37.6 Å². The summed E-state index contributed by atoms with van der Waals surface area (Å²) < 4.78 is 1.91. The minimum absolute atomic E-state index is 0.0120. The first-order valence-electron chi connectivity index (χ1n) is 9.08. The second-order valence-electron chi connectivity index (χ2n) is 6.96.